The van der Waals surface area contributed by atoms with Crippen LogP contribution in [0.2, 0.25) is 0 Å². The summed E-state index contributed by atoms with van der Waals surface area (Å²) in [7, 11) is 0. The van der Waals surface area contributed by atoms with Gasteiger partial charge in [0.25, 0.3) is 0 Å². The van der Waals surface area contributed by atoms with Crippen molar-refractivity contribution in [1.29, 1.82) is 0 Å². The SMILES string of the molecule is NC1(C2CC(O)C2)CC1. The van der Waals surface area contributed by atoms with E-state index in [-0.39, 0.29) is 11.6 Å². The predicted octanol–water partition coefficient (Wildman–Crippen LogP) is 0.249. The fourth-order valence-corrected chi connectivity index (χ4v) is 1.61. The minimum atomic E-state index is -0.0315. The third-order valence-electron chi connectivity index (χ3n) is 2.75. The first-order valence-electron chi connectivity index (χ1n) is 3.68. The van der Waals surface area contributed by atoms with Crippen molar-refractivity contribution in [3.8, 4) is 0 Å². The highest BCUT2D eigenvalue weighted by molar-refractivity contribution is 5.08. The quantitative estimate of drug-likeness (QED) is 0.530. The lowest BCUT2D eigenvalue weighted by Gasteiger charge is -2.36. The largest absolute Gasteiger partial charge is 0.393 e. The summed E-state index contributed by atoms with van der Waals surface area (Å²) in [5.41, 5.74) is 6.07. The standard InChI is InChI=1S/C7H13NO/c8-7(1-2-7)5-3-6(9)4-5/h5-6,9H,1-4,8H2. The molecule has 0 saturated heterocycles. The first-order valence-corrected chi connectivity index (χ1v) is 3.68. The van der Waals surface area contributed by atoms with Crippen LogP contribution in [0.5, 0.6) is 0 Å². The molecule has 0 aliphatic heterocycles. The molecule has 0 bridgehead atoms. The van der Waals surface area contributed by atoms with E-state index < -0.39 is 0 Å². The fraction of sp³-hybridized carbons (Fsp3) is 1.00. The summed E-state index contributed by atoms with van der Waals surface area (Å²) < 4.78 is 0. The molecule has 0 heterocycles. The van der Waals surface area contributed by atoms with Gasteiger partial charge >= 0.3 is 0 Å². The Labute approximate surface area is 55.1 Å². The van der Waals surface area contributed by atoms with Crippen LogP contribution in [0.15, 0.2) is 0 Å². The molecule has 2 saturated carbocycles. The maximum absolute atomic E-state index is 8.95. The first kappa shape index (κ1) is 5.69. The Morgan fingerprint density at radius 2 is 1.89 bits per heavy atom. The molecule has 2 nitrogen and oxygen atoms in total. The van der Waals surface area contributed by atoms with E-state index in [1.165, 1.54) is 12.8 Å². The second kappa shape index (κ2) is 1.50. The van der Waals surface area contributed by atoms with Gasteiger partial charge in [0.05, 0.1) is 6.10 Å². The van der Waals surface area contributed by atoms with E-state index in [2.05, 4.69) is 0 Å². The van der Waals surface area contributed by atoms with Crippen LogP contribution in [0, 0.1) is 5.92 Å². The summed E-state index contributed by atoms with van der Waals surface area (Å²) in [4.78, 5) is 0. The van der Waals surface area contributed by atoms with E-state index in [9.17, 15) is 0 Å². The minimum absolute atomic E-state index is 0.0315. The molecule has 0 atom stereocenters. The van der Waals surface area contributed by atoms with Gasteiger partial charge in [-0.15, -0.1) is 0 Å². The molecule has 9 heavy (non-hydrogen) atoms. The zero-order chi connectivity index (χ0) is 6.48. The Hall–Kier alpha value is -0.0800. The van der Waals surface area contributed by atoms with Crippen molar-refractivity contribution in [3.05, 3.63) is 0 Å². The van der Waals surface area contributed by atoms with Crippen LogP contribution < -0.4 is 5.73 Å². The average Bonchev–Trinajstić information content (AvgIpc) is 2.41. The predicted molar refractivity (Wildman–Crippen MR) is 34.9 cm³/mol. The monoisotopic (exact) mass is 127 g/mol. The summed E-state index contributed by atoms with van der Waals surface area (Å²) >= 11 is 0. The van der Waals surface area contributed by atoms with Gasteiger partial charge in [0, 0.05) is 5.54 Å². The lowest BCUT2D eigenvalue weighted by atomic mass is 9.76. The zero-order valence-electron chi connectivity index (χ0n) is 5.51. The summed E-state index contributed by atoms with van der Waals surface area (Å²) in [6.45, 7) is 0. The van der Waals surface area contributed by atoms with Crippen molar-refractivity contribution < 1.29 is 5.11 Å². The molecule has 2 aliphatic carbocycles. The second-order valence-corrected chi connectivity index (χ2v) is 3.56. The van der Waals surface area contributed by atoms with Gasteiger partial charge in [0.15, 0.2) is 0 Å². The molecule has 0 amide bonds. The van der Waals surface area contributed by atoms with E-state index >= 15 is 0 Å². The molecule has 0 unspecified atom stereocenters. The highest BCUT2D eigenvalue weighted by Crippen LogP contribution is 2.48. The molecule has 0 aromatic heterocycles. The Kier molecular flexibility index (Phi) is 0.945. The number of hydrogen-bond donors (Lipinski definition) is 2. The molecule has 2 aliphatic rings. The van der Waals surface area contributed by atoms with E-state index in [0.29, 0.717) is 5.92 Å². The molecule has 2 rings (SSSR count). The van der Waals surface area contributed by atoms with Gasteiger partial charge < -0.3 is 10.8 Å². The lowest BCUT2D eigenvalue weighted by Crippen LogP contribution is -2.43. The van der Waals surface area contributed by atoms with Gasteiger partial charge in [-0.2, -0.15) is 0 Å². The molecule has 0 spiro atoms. The summed E-state index contributed by atoms with van der Waals surface area (Å²) in [6.07, 6.45) is 4.25. The fourth-order valence-electron chi connectivity index (χ4n) is 1.61. The Balaban J connectivity index is 1.89. The molecule has 0 aromatic rings. The topological polar surface area (TPSA) is 46.2 Å². The minimum Gasteiger partial charge on any atom is -0.393 e. The maximum atomic E-state index is 8.95. The van der Waals surface area contributed by atoms with Crippen molar-refractivity contribution in [2.24, 2.45) is 11.7 Å². The summed E-state index contributed by atoms with van der Waals surface area (Å²) in [5, 5.41) is 8.95. The second-order valence-electron chi connectivity index (χ2n) is 3.56. The average molecular weight is 127 g/mol. The Morgan fingerprint density at radius 3 is 2.22 bits per heavy atom. The van der Waals surface area contributed by atoms with Crippen molar-refractivity contribution in [2.75, 3.05) is 0 Å². The zero-order valence-corrected chi connectivity index (χ0v) is 5.51. The Morgan fingerprint density at radius 1 is 1.33 bits per heavy atom. The molecule has 0 aromatic carbocycles. The van der Waals surface area contributed by atoms with Crippen LogP contribution >= 0.6 is 0 Å². The van der Waals surface area contributed by atoms with Crippen LogP contribution in [0.1, 0.15) is 25.7 Å². The normalized spacial score (nSPS) is 46.0. The van der Waals surface area contributed by atoms with Crippen molar-refractivity contribution in [3.63, 3.8) is 0 Å². The smallest absolute Gasteiger partial charge is 0.0547 e. The summed E-state index contributed by atoms with van der Waals surface area (Å²) in [6, 6.07) is 0. The lowest BCUT2D eigenvalue weighted by molar-refractivity contribution is 0.0262. The molecular weight excluding hydrogens is 114 g/mol. The summed E-state index contributed by atoms with van der Waals surface area (Å²) in [5.74, 6) is 0.646. The van der Waals surface area contributed by atoms with Crippen LogP contribution in [0.4, 0.5) is 0 Å². The Bertz CT molecular complexity index is 125. The van der Waals surface area contributed by atoms with Crippen molar-refractivity contribution >= 4 is 0 Å². The third-order valence-corrected chi connectivity index (χ3v) is 2.75. The molecule has 3 N–H and O–H groups in total. The number of aliphatic hydroxyl groups excluding tert-OH is 1. The van der Waals surface area contributed by atoms with E-state index in [0.717, 1.165) is 12.8 Å². The number of aliphatic hydroxyl groups is 1. The molecule has 0 radical (unpaired) electrons. The van der Waals surface area contributed by atoms with Gasteiger partial charge in [-0.3, -0.25) is 0 Å². The van der Waals surface area contributed by atoms with Gasteiger partial charge in [-0.1, -0.05) is 0 Å². The maximum Gasteiger partial charge on any atom is 0.0547 e. The first-order chi connectivity index (χ1) is 4.21. The van der Waals surface area contributed by atoms with Crippen LogP contribution in [0.25, 0.3) is 0 Å². The van der Waals surface area contributed by atoms with Gasteiger partial charge in [-0.05, 0) is 31.6 Å². The molecule has 2 fully saturated rings. The number of hydrogen-bond acceptors (Lipinski definition) is 2. The van der Waals surface area contributed by atoms with Crippen molar-refractivity contribution in [2.45, 2.75) is 37.3 Å². The van der Waals surface area contributed by atoms with E-state index in [4.69, 9.17) is 10.8 Å². The van der Waals surface area contributed by atoms with E-state index in [1.807, 2.05) is 0 Å². The van der Waals surface area contributed by atoms with Crippen molar-refractivity contribution in [1.82, 2.24) is 0 Å². The van der Waals surface area contributed by atoms with Gasteiger partial charge in [-0.25, -0.2) is 0 Å². The molecule has 52 valence electrons. The highest BCUT2D eigenvalue weighted by atomic mass is 16.3. The number of rotatable bonds is 1. The van der Waals surface area contributed by atoms with Gasteiger partial charge in [0.1, 0.15) is 0 Å². The molecule has 2 heteroatoms. The van der Waals surface area contributed by atoms with Crippen LogP contribution in [-0.2, 0) is 0 Å². The third kappa shape index (κ3) is 0.775. The highest BCUT2D eigenvalue weighted by Gasteiger charge is 2.50. The van der Waals surface area contributed by atoms with Crippen LogP contribution in [-0.4, -0.2) is 16.7 Å². The molecular formula is C7H13NO. The number of nitrogens with two attached hydrogens (primary N) is 1. The van der Waals surface area contributed by atoms with E-state index in [1.54, 1.807) is 0 Å². The van der Waals surface area contributed by atoms with Gasteiger partial charge in [0.2, 0.25) is 0 Å². The van der Waals surface area contributed by atoms with Crippen LogP contribution in [0.3, 0.4) is 0 Å².